The molecule has 1 aliphatic rings. The molecule has 0 saturated carbocycles. The van der Waals surface area contributed by atoms with Gasteiger partial charge in [-0.15, -0.1) is 10.2 Å². The maximum Gasteiger partial charge on any atom is 0.272 e. The molecule has 2 aromatic heterocycles. The molecule has 1 saturated heterocycles. The Morgan fingerprint density at radius 3 is 2.60 bits per heavy atom. The third kappa shape index (κ3) is 6.90. The lowest BCUT2D eigenvalue weighted by molar-refractivity contribution is 0.0795. The number of hydrogen-bond donors (Lipinski definition) is 1. The summed E-state index contributed by atoms with van der Waals surface area (Å²) in [7, 11) is 2.12. The largest absolute Gasteiger partial charge is 0.492 e. The van der Waals surface area contributed by atoms with Gasteiger partial charge in [0, 0.05) is 66.6 Å². The van der Waals surface area contributed by atoms with E-state index in [-0.39, 0.29) is 22.8 Å². The molecule has 210 valence electrons. The van der Waals surface area contributed by atoms with Crippen LogP contribution in [0.25, 0.3) is 22.2 Å². The van der Waals surface area contributed by atoms with Gasteiger partial charge < -0.3 is 19.7 Å². The summed E-state index contributed by atoms with van der Waals surface area (Å²) < 4.78 is 51.5. The summed E-state index contributed by atoms with van der Waals surface area (Å²) in [6.07, 6.45) is -1.10. The van der Waals surface area contributed by atoms with E-state index in [4.69, 9.17) is 21.1 Å². The molecule has 5 rings (SSSR count). The van der Waals surface area contributed by atoms with Crippen molar-refractivity contribution < 1.29 is 22.6 Å². The van der Waals surface area contributed by atoms with Crippen molar-refractivity contribution in [3.63, 3.8) is 0 Å². The molecule has 3 heterocycles. The van der Waals surface area contributed by atoms with E-state index in [0.29, 0.717) is 28.6 Å². The third-order valence-electron chi connectivity index (χ3n) is 6.57. The number of nitrogens with zero attached hydrogens (tertiary/aromatic N) is 5. The highest BCUT2D eigenvalue weighted by Gasteiger charge is 2.17. The number of aromatic nitrogens is 3. The van der Waals surface area contributed by atoms with Gasteiger partial charge in [-0.25, -0.2) is 13.2 Å². The van der Waals surface area contributed by atoms with Crippen molar-refractivity contribution in [2.45, 2.75) is 6.43 Å². The lowest BCUT2D eigenvalue weighted by atomic mass is 10.1. The van der Waals surface area contributed by atoms with Gasteiger partial charge >= 0.3 is 0 Å². The van der Waals surface area contributed by atoms with Crippen LogP contribution in [0.4, 0.5) is 24.5 Å². The van der Waals surface area contributed by atoms with Crippen molar-refractivity contribution >= 4 is 33.9 Å². The summed E-state index contributed by atoms with van der Waals surface area (Å²) >= 11 is 6.05. The molecule has 0 atom stereocenters. The molecule has 0 spiro atoms. The van der Waals surface area contributed by atoms with Gasteiger partial charge in [0.2, 0.25) is 0 Å². The molecular formula is C28H28ClF3N6O2. The normalized spacial score (nSPS) is 14.6. The van der Waals surface area contributed by atoms with Gasteiger partial charge in [0.05, 0.1) is 11.2 Å². The van der Waals surface area contributed by atoms with Crippen molar-refractivity contribution in [2.75, 3.05) is 58.3 Å². The zero-order chi connectivity index (χ0) is 28.1. The minimum absolute atomic E-state index is 0.112. The SMILES string of the molecule is CN1CCN(CCOc2ccc3c(Nc4cc(-c5cc(Cl)ccc5F)nnc4OCC(F)F)ccnc3c2)CC1. The molecule has 12 heteroatoms. The van der Waals surface area contributed by atoms with Crippen LogP contribution in [-0.4, -0.2) is 84.4 Å². The smallest absolute Gasteiger partial charge is 0.272 e. The van der Waals surface area contributed by atoms with Crippen LogP contribution < -0.4 is 14.8 Å². The predicted molar refractivity (Wildman–Crippen MR) is 148 cm³/mol. The second-order valence-corrected chi connectivity index (χ2v) is 9.87. The van der Waals surface area contributed by atoms with Crippen molar-refractivity contribution in [3.8, 4) is 22.9 Å². The number of hydrogen-bond acceptors (Lipinski definition) is 8. The summed E-state index contributed by atoms with van der Waals surface area (Å²) in [4.78, 5) is 9.15. The van der Waals surface area contributed by atoms with E-state index in [1.807, 2.05) is 18.2 Å². The highest BCUT2D eigenvalue weighted by atomic mass is 35.5. The van der Waals surface area contributed by atoms with Crippen LogP contribution in [0.15, 0.2) is 54.7 Å². The number of likely N-dealkylation sites (N-methyl/N-ethyl adjacent to an activating group) is 1. The van der Waals surface area contributed by atoms with Crippen LogP contribution in [-0.2, 0) is 0 Å². The summed E-state index contributed by atoms with van der Waals surface area (Å²) in [5, 5.41) is 12.2. The number of rotatable bonds is 10. The van der Waals surface area contributed by atoms with E-state index in [0.717, 1.165) is 38.1 Å². The van der Waals surface area contributed by atoms with Crippen molar-refractivity contribution in [3.05, 3.63) is 65.6 Å². The number of halogens is 4. The first kappa shape index (κ1) is 27.9. The first-order valence-corrected chi connectivity index (χ1v) is 13.2. The lowest BCUT2D eigenvalue weighted by Gasteiger charge is -2.32. The number of nitrogens with one attached hydrogen (secondary N) is 1. The highest BCUT2D eigenvalue weighted by molar-refractivity contribution is 6.30. The maximum atomic E-state index is 14.5. The van der Waals surface area contributed by atoms with Crippen LogP contribution in [0, 0.1) is 5.82 Å². The molecule has 0 radical (unpaired) electrons. The van der Waals surface area contributed by atoms with Gasteiger partial charge in [-0.3, -0.25) is 9.88 Å². The minimum Gasteiger partial charge on any atom is -0.492 e. The molecule has 8 nitrogen and oxygen atoms in total. The average molecular weight is 573 g/mol. The Morgan fingerprint density at radius 1 is 0.975 bits per heavy atom. The first-order valence-electron chi connectivity index (χ1n) is 12.8. The molecule has 0 amide bonds. The van der Waals surface area contributed by atoms with Gasteiger partial charge in [-0.05, 0) is 49.5 Å². The number of ether oxygens (including phenoxy) is 2. The number of fused-ring (bicyclic) bond motifs is 1. The molecule has 4 aromatic rings. The first-order chi connectivity index (χ1) is 19.4. The van der Waals surface area contributed by atoms with E-state index >= 15 is 0 Å². The van der Waals surface area contributed by atoms with Crippen LogP contribution in [0.1, 0.15) is 0 Å². The lowest BCUT2D eigenvalue weighted by Crippen LogP contribution is -2.45. The topological polar surface area (TPSA) is 75.6 Å². The Bertz CT molecular complexity index is 1470. The van der Waals surface area contributed by atoms with Crippen molar-refractivity contribution in [1.29, 1.82) is 0 Å². The fourth-order valence-electron chi connectivity index (χ4n) is 4.38. The molecule has 0 aliphatic carbocycles. The molecule has 1 fully saturated rings. The quantitative estimate of drug-likeness (QED) is 0.267. The fraction of sp³-hybridized carbons (Fsp3) is 0.321. The van der Waals surface area contributed by atoms with E-state index < -0.39 is 18.8 Å². The zero-order valence-electron chi connectivity index (χ0n) is 21.8. The second kappa shape index (κ2) is 12.7. The van der Waals surface area contributed by atoms with Gasteiger partial charge in [-0.1, -0.05) is 11.6 Å². The minimum atomic E-state index is -2.71. The van der Waals surface area contributed by atoms with Crippen molar-refractivity contribution in [2.24, 2.45) is 0 Å². The van der Waals surface area contributed by atoms with Gasteiger partial charge in [0.15, 0.2) is 6.61 Å². The molecule has 1 N–H and O–H groups in total. The summed E-state index contributed by atoms with van der Waals surface area (Å²) in [5.41, 5.74) is 1.77. The van der Waals surface area contributed by atoms with Crippen LogP contribution >= 0.6 is 11.6 Å². The highest BCUT2D eigenvalue weighted by Crippen LogP contribution is 2.34. The molecule has 2 aromatic carbocycles. The van der Waals surface area contributed by atoms with Gasteiger partial charge in [0.1, 0.15) is 23.9 Å². The van der Waals surface area contributed by atoms with E-state index in [2.05, 4.69) is 37.3 Å². The van der Waals surface area contributed by atoms with Crippen LogP contribution in [0.3, 0.4) is 0 Å². The van der Waals surface area contributed by atoms with E-state index in [1.54, 1.807) is 12.3 Å². The Kier molecular flexibility index (Phi) is 8.83. The summed E-state index contributed by atoms with van der Waals surface area (Å²) in [6.45, 7) is 4.66. The predicted octanol–water partition coefficient (Wildman–Crippen LogP) is 5.50. The Morgan fingerprint density at radius 2 is 1.80 bits per heavy atom. The van der Waals surface area contributed by atoms with Crippen LogP contribution in [0.5, 0.6) is 11.6 Å². The number of alkyl halides is 2. The molecule has 0 bridgehead atoms. The average Bonchev–Trinajstić information content (AvgIpc) is 2.94. The van der Waals surface area contributed by atoms with E-state index in [9.17, 15) is 13.2 Å². The number of benzene rings is 2. The molecule has 0 unspecified atom stereocenters. The van der Waals surface area contributed by atoms with Crippen LogP contribution in [0.2, 0.25) is 5.02 Å². The Labute approximate surface area is 234 Å². The van der Waals surface area contributed by atoms with E-state index in [1.165, 1.54) is 24.3 Å². The fourth-order valence-corrected chi connectivity index (χ4v) is 4.55. The summed E-state index contributed by atoms with van der Waals surface area (Å²) in [5.74, 6) is -0.0164. The number of piperazine rings is 1. The van der Waals surface area contributed by atoms with Gasteiger partial charge in [-0.2, -0.15) is 0 Å². The zero-order valence-corrected chi connectivity index (χ0v) is 22.5. The second-order valence-electron chi connectivity index (χ2n) is 9.43. The monoisotopic (exact) mass is 572 g/mol. The van der Waals surface area contributed by atoms with Crippen molar-refractivity contribution in [1.82, 2.24) is 25.0 Å². The maximum absolute atomic E-state index is 14.5. The summed E-state index contributed by atoms with van der Waals surface area (Å²) in [6, 6.07) is 12.8. The Balaban J connectivity index is 1.37. The number of anilines is 2. The molecular weight excluding hydrogens is 545 g/mol. The Hall–Kier alpha value is -3.67. The number of pyridine rings is 1. The van der Waals surface area contributed by atoms with Gasteiger partial charge in [0.25, 0.3) is 12.3 Å². The third-order valence-corrected chi connectivity index (χ3v) is 6.80. The molecule has 40 heavy (non-hydrogen) atoms. The molecule has 1 aliphatic heterocycles. The standard InChI is InChI=1S/C28H28ClF3N6O2/c1-37-8-10-38(11-9-37)12-13-39-19-3-4-20-23(6-7-33-24(20)15-19)34-26-16-25(21-14-18(29)2-5-22(21)30)35-36-28(26)40-17-27(31)32/h2-7,14-16,27H,8-13,17H2,1H3,(H,33,34,35).